The first kappa shape index (κ1) is 18.7. The van der Waals surface area contributed by atoms with E-state index < -0.39 is 16.0 Å². The van der Waals surface area contributed by atoms with Crippen LogP contribution in [0.3, 0.4) is 0 Å². The highest BCUT2D eigenvalue weighted by molar-refractivity contribution is 7.92. The van der Waals surface area contributed by atoms with Gasteiger partial charge in [-0.1, -0.05) is 19.1 Å². The van der Waals surface area contributed by atoms with Crippen molar-refractivity contribution in [2.75, 3.05) is 22.4 Å². The number of anilines is 3. The number of nitrogens with zero attached hydrogens (tertiary/aromatic N) is 1. The van der Waals surface area contributed by atoms with Crippen molar-refractivity contribution in [2.45, 2.75) is 20.3 Å². The third-order valence-corrected chi connectivity index (χ3v) is 4.66. The van der Waals surface area contributed by atoms with Gasteiger partial charge >= 0.3 is 5.97 Å². The maximum atomic E-state index is 12.0. The molecule has 8 heteroatoms. The van der Waals surface area contributed by atoms with Gasteiger partial charge in [0.15, 0.2) is 0 Å². The minimum absolute atomic E-state index is 0.0433. The Balaban J connectivity index is 2.13. The zero-order chi connectivity index (χ0) is 18.3. The molecule has 0 aliphatic heterocycles. The molecule has 0 aliphatic rings. The van der Waals surface area contributed by atoms with Crippen molar-refractivity contribution >= 4 is 33.2 Å². The zero-order valence-electron chi connectivity index (χ0n) is 14.2. The van der Waals surface area contributed by atoms with Crippen molar-refractivity contribution in [3.8, 4) is 0 Å². The highest BCUT2D eigenvalue weighted by atomic mass is 32.2. The Bertz CT molecular complexity index is 820. The van der Waals surface area contributed by atoms with Gasteiger partial charge in [-0.25, -0.2) is 18.2 Å². The topological polar surface area (TPSA) is 97.4 Å². The summed E-state index contributed by atoms with van der Waals surface area (Å²) in [7, 11) is -3.37. The molecule has 0 unspecified atom stereocenters. The molecule has 1 aromatic carbocycles. The summed E-state index contributed by atoms with van der Waals surface area (Å²) in [4.78, 5) is 16.1. The molecule has 0 amide bonds. The number of benzene rings is 1. The van der Waals surface area contributed by atoms with Crippen molar-refractivity contribution in [1.29, 1.82) is 0 Å². The first-order chi connectivity index (χ1) is 11.9. The van der Waals surface area contributed by atoms with E-state index in [4.69, 9.17) is 4.74 Å². The molecule has 1 heterocycles. The van der Waals surface area contributed by atoms with Crippen LogP contribution in [0, 0.1) is 0 Å². The lowest BCUT2D eigenvalue weighted by atomic mass is 10.1. The first-order valence-electron chi connectivity index (χ1n) is 7.95. The van der Waals surface area contributed by atoms with Crippen LogP contribution < -0.4 is 10.0 Å². The van der Waals surface area contributed by atoms with Gasteiger partial charge in [0.25, 0.3) is 0 Å². The largest absolute Gasteiger partial charge is 0.462 e. The van der Waals surface area contributed by atoms with Crippen LogP contribution in [-0.4, -0.2) is 31.7 Å². The third kappa shape index (κ3) is 5.46. The van der Waals surface area contributed by atoms with Crippen LogP contribution >= 0.6 is 0 Å². The van der Waals surface area contributed by atoms with E-state index in [0.29, 0.717) is 30.0 Å². The molecule has 0 spiro atoms. The Labute approximate surface area is 147 Å². The smallest absolute Gasteiger partial charge is 0.340 e. The second-order valence-electron chi connectivity index (χ2n) is 5.24. The Kier molecular flexibility index (Phi) is 6.35. The SMILES string of the molecule is CCCS(=O)(=O)Nc1ccc(Nc2ccccc2C(=O)OCC)cn1. The lowest BCUT2D eigenvalue weighted by Gasteiger charge is -2.12. The van der Waals surface area contributed by atoms with Crippen LogP contribution in [0.1, 0.15) is 30.6 Å². The number of sulfonamides is 1. The van der Waals surface area contributed by atoms with Gasteiger partial charge in [0.2, 0.25) is 10.0 Å². The second-order valence-corrected chi connectivity index (χ2v) is 7.09. The summed E-state index contributed by atoms with van der Waals surface area (Å²) in [6, 6.07) is 10.2. The van der Waals surface area contributed by atoms with E-state index in [0.717, 1.165) is 0 Å². The number of hydrogen-bond acceptors (Lipinski definition) is 6. The number of ether oxygens (including phenoxy) is 1. The van der Waals surface area contributed by atoms with Crippen LogP contribution in [0.4, 0.5) is 17.2 Å². The molecule has 0 radical (unpaired) electrons. The van der Waals surface area contributed by atoms with Crippen LogP contribution in [0.5, 0.6) is 0 Å². The van der Waals surface area contributed by atoms with E-state index in [1.165, 1.54) is 6.20 Å². The van der Waals surface area contributed by atoms with E-state index in [-0.39, 0.29) is 11.6 Å². The summed E-state index contributed by atoms with van der Waals surface area (Å²) >= 11 is 0. The van der Waals surface area contributed by atoms with E-state index in [9.17, 15) is 13.2 Å². The van der Waals surface area contributed by atoms with Crippen LogP contribution in [0.15, 0.2) is 42.6 Å². The predicted molar refractivity (Wildman–Crippen MR) is 97.6 cm³/mol. The molecule has 0 bridgehead atoms. The summed E-state index contributed by atoms with van der Waals surface area (Å²) in [5.41, 5.74) is 1.62. The van der Waals surface area contributed by atoms with E-state index in [2.05, 4.69) is 15.0 Å². The van der Waals surface area contributed by atoms with Gasteiger partial charge in [-0.3, -0.25) is 4.72 Å². The van der Waals surface area contributed by atoms with Crippen LogP contribution in [0.25, 0.3) is 0 Å². The number of carbonyl (C=O) groups excluding carboxylic acids is 1. The fourth-order valence-electron chi connectivity index (χ4n) is 2.14. The van der Waals surface area contributed by atoms with Crippen molar-refractivity contribution < 1.29 is 17.9 Å². The molecule has 0 saturated heterocycles. The van der Waals surface area contributed by atoms with E-state index in [1.807, 2.05) is 0 Å². The molecule has 1 aromatic heterocycles. The molecule has 7 nitrogen and oxygen atoms in total. The fraction of sp³-hybridized carbons (Fsp3) is 0.294. The summed E-state index contributed by atoms with van der Waals surface area (Å²) in [6.07, 6.45) is 2.02. The number of hydrogen-bond donors (Lipinski definition) is 2. The minimum atomic E-state index is -3.37. The Morgan fingerprint density at radius 3 is 2.56 bits per heavy atom. The second kappa shape index (κ2) is 8.48. The van der Waals surface area contributed by atoms with Gasteiger partial charge in [0.1, 0.15) is 5.82 Å². The monoisotopic (exact) mass is 363 g/mol. The van der Waals surface area contributed by atoms with Crippen molar-refractivity contribution in [3.63, 3.8) is 0 Å². The molecule has 2 rings (SSSR count). The van der Waals surface area contributed by atoms with Gasteiger partial charge in [-0.15, -0.1) is 0 Å². The van der Waals surface area contributed by atoms with Crippen LogP contribution in [0.2, 0.25) is 0 Å². The number of esters is 1. The van der Waals surface area contributed by atoms with E-state index >= 15 is 0 Å². The summed E-state index contributed by atoms with van der Waals surface area (Å²) in [5.74, 6) is -0.123. The normalized spacial score (nSPS) is 11.0. The molecule has 25 heavy (non-hydrogen) atoms. The lowest BCUT2D eigenvalue weighted by molar-refractivity contribution is 0.0527. The van der Waals surface area contributed by atoms with Gasteiger partial charge < -0.3 is 10.1 Å². The van der Waals surface area contributed by atoms with Crippen molar-refractivity contribution in [2.24, 2.45) is 0 Å². The maximum absolute atomic E-state index is 12.0. The summed E-state index contributed by atoms with van der Waals surface area (Å²) < 4.78 is 30.9. The maximum Gasteiger partial charge on any atom is 0.340 e. The zero-order valence-corrected chi connectivity index (χ0v) is 15.0. The molecular formula is C17H21N3O4S. The number of aromatic nitrogens is 1. The average molecular weight is 363 g/mol. The molecule has 0 saturated carbocycles. The molecule has 0 fully saturated rings. The van der Waals surface area contributed by atoms with Gasteiger partial charge in [-0.2, -0.15) is 0 Å². The van der Waals surface area contributed by atoms with Crippen molar-refractivity contribution in [1.82, 2.24) is 4.98 Å². The third-order valence-electron chi connectivity index (χ3n) is 3.20. The lowest BCUT2D eigenvalue weighted by Crippen LogP contribution is -2.16. The molecule has 134 valence electrons. The number of para-hydroxylation sites is 1. The summed E-state index contributed by atoms with van der Waals surface area (Å²) in [6.45, 7) is 3.83. The Morgan fingerprint density at radius 1 is 1.16 bits per heavy atom. The Hall–Kier alpha value is -2.61. The minimum Gasteiger partial charge on any atom is -0.462 e. The Morgan fingerprint density at radius 2 is 1.92 bits per heavy atom. The van der Waals surface area contributed by atoms with E-state index in [1.54, 1.807) is 50.2 Å². The predicted octanol–water partition coefficient (Wildman–Crippen LogP) is 3.15. The average Bonchev–Trinajstić information content (AvgIpc) is 2.57. The van der Waals surface area contributed by atoms with Crippen molar-refractivity contribution in [3.05, 3.63) is 48.2 Å². The molecule has 2 N–H and O–H groups in total. The molecule has 0 aliphatic carbocycles. The number of rotatable bonds is 8. The van der Waals surface area contributed by atoms with Gasteiger partial charge in [0.05, 0.1) is 35.5 Å². The highest BCUT2D eigenvalue weighted by Crippen LogP contribution is 2.22. The van der Waals surface area contributed by atoms with Gasteiger partial charge in [-0.05, 0) is 37.6 Å². The number of pyridine rings is 1. The molecule has 0 atom stereocenters. The van der Waals surface area contributed by atoms with Crippen LogP contribution in [-0.2, 0) is 14.8 Å². The van der Waals surface area contributed by atoms with Gasteiger partial charge in [0, 0.05) is 0 Å². The highest BCUT2D eigenvalue weighted by Gasteiger charge is 2.13. The molecule has 2 aromatic rings. The molecular weight excluding hydrogens is 342 g/mol. The number of nitrogens with one attached hydrogen (secondary N) is 2. The fourth-order valence-corrected chi connectivity index (χ4v) is 3.22. The quantitative estimate of drug-likeness (QED) is 0.699. The number of carbonyl (C=O) groups is 1. The standard InChI is InChI=1S/C17H21N3O4S/c1-3-11-25(22,23)20-16-10-9-13(12-18-16)19-15-8-6-5-7-14(15)17(21)24-4-2/h5-10,12,19H,3-4,11H2,1-2H3,(H,18,20). The summed E-state index contributed by atoms with van der Waals surface area (Å²) in [5, 5.41) is 3.09. The first-order valence-corrected chi connectivity index (χ1v) is 9.60.